The molecule has 146 valence electrons. The highest BCUT2D eigenvalue weighted by Gasteiger charge is 2.34. The fourth-order valence-electron chi connectivity index (χ4n) is 4.30. The summed E-state index contributed by atoms with van der Waals surface area (Å²) in [7, 11) is 0. The number of carbonyl (C=O) groups is 1. The zero-order valence-corrected chi connectivity index (χ0v) is 16.6. The fraction of sp³-hybridized carbons (Fsp3) is 0.348. The Morgan fingerprint density at radius 3 is 2.39 bits per heavy atom. The number of hydrogen-bond acceptors (Lipinski definition) is 4. The van der Waals surface area contributed by atoms with Crippen molar-refractivity contribution in [2.24, 2.45) is 0 Å². The van der Waals surface area contributed by atoms with Gasteiger partial charge in [0.2, 0.25) is 0 Å². The number of aryl methyl sites for hydroxylation is 1. The largest absolute Gasteiger partial charge is 0.506 e. The molecule has 28 heavy (non-hydrogen) atoms. The van der Waals surface area contributed by atoms with Crippen LogP contribution in [0.5, 0.6) is 5.75 Å². The molecule has 1 unspecified atom stereocenters. The summed E-state index contributed by atoms with van der Waals surface area (Å²) >= 11 is 0. The van der Waals surface area contributed by atoms with Crippen LogP contribution in [0.3, 0.4) is 0 Å². The van der Waals surface area contributed by atoms with E-state index in [1.54, 1.807) is 0 Å². The van der Waals surface area contributed by atoms with Crippen molar-refractivity contribution in [3.63, 3.8) is 0 Å². The van der Waals surface area contributed by atoms with Crippen molar-refractivity contribution in [2.45, 2.75) is 19.9 Å². The predicted molar refractivity (Wildman–Crippen MR) is 113 cm³/mol. The lowest BCUT2D eigenvalue weighted by atomic mass is 10.1. The Morgan fingerprint density at radius 1 is 1.07 bits per heavy atom. The SMILES string of the molecule is C=C1c2ccccc2C(=O)N1C(C)CN1CCN(c2ccc(C)cc2O)CC1. The summed E-state index contributed by atoms with van der Waals surface area (Å²) in [6.45, 7) is 12.6. The molecule has 0 radical (unpaired) electrons. The Balaban J connectivity index is 1.38. The molecule has 2 aliphatic rings. The molecule has 2 aromatic rings. The molecule has 2 heterocycles. The number of carbonyl (C=O) groups excluding carboxylic acids is 1. The number of anilines is 1. The number of piperazine rings is 1. The summed E-state index contributed by atoms with van der Waals surface area (Å²) in [5, 5.41) is 10.2. The van der Waals surface area contributed by atoms with Gasteiger partial charge in [0.05, 0.1) is 5.69 Å². The number of rotatable bonds is 4. The number of hydrogen-bond donors (Lipinski definition) is 1. The molecule has 1 N–H and O–H groups in total. The second-order valence-electron chi connectivity index (χ2n) is 7.80. The van der Waals surface area contributed by atoms with E-state index >= 15 is 0 Å². The van der Waals surface area contributed by atoms with Gasteiger partial charge in [0, 0.05) is 55.6 Å². The van der Waals surface area contributed by atoms with Gasteiger partial charge < -0.3 is 14.9 Å². The molecule has 5 nitrogen and oxygen atoms in total. The highest BCUT2D eigenvalue weighted by atomic mass is 16.3. The molecular formula is C23H27N3O2. The summed E-state index contributed by atoms with van der Waals surface area (Å²) in [4.78, 5) is 19.3. The normalized spacial score (nSPS) is 18.5. The van der Waals surface area contributed by atoms with Gasteiger partial charge >= 0.3 is 0 Å². The second kappa shape index (κ2) is 7.32. The molecule has 5 heteroatoms. The third-order valence-corrected chi connectivity index (χ3v) is 5.79. The molecule has 0 saturated carbocycles. The predicted octanol–water partition coefficient (Wildman–Crippen LogP) is 3.34. The Labute approximate surface area is 166 Å². The van der Waals surface area contributed by atoms with Crippen molar-refractivity contribution in [1.29, 1.82) is 0 Å². The van der Waals surface area contributed by atoms with E-state index in [1.807, 2.05) is 54.3 Å². The minimum Gasteiger partial charge on any atom is -0.506 e. The van der Waals surface area contributed by atoms with Gasteiger partial charge in [0.25, 0.3) is 5.91 Å². The van der Waals surface area contributed by atoms with Crippen molar-refractivity contribution in [1.82, 2.24) is 9.80 Å². The first-order chi connectivity index (χ1) is 13.5. The molecular weight excluding hydrogens is 350 g/mol. The lowest BCUT2D eigenvalue weighted by Gasteiger charge is -2.38. The van der Waals surface area contributed by atoms with E-state index in [0.717, 1.165) is 60.8 Å². The van der Waals surface area contributed by atoms with Gasteiger partial charge in [-0.1, -0.05) is 30.8 Å². The summed E-state index contributed by atoms with van der Waals surface area (Å²) < 4.78 is 0. The lowest BCUT2D eigenvalue weighted by Crippen LogP contribution is -2.50. The maximum absolute atomic E-state index is 12.8. The van der Waals surface area contributed by atoms with Gasteiger partial charge in [0.15, 0.2) is 0 Å². The van der Waals surface area contributed by atoms with Gasteiger partial charge in [0.1, 0.15) is 5.75 Å². The van der Waals surface area contributed by atoms with E-state index in [1.165, 1.54) is 0 Å². The number of phenolic OH excluding ortho intramolecular Hbond substituents is 1. The van der Waals surface area contributed by atoms with E-state index in [0.29, 0.717) is 5.75 Å². The van der Waals surface area contributed by atoms with E-state index < -0.39 is 0 Å². The Kier molecular flexibility index (Phi) is 4.85. The highest BCUT2D eigenvalue weighted by molar-refractivity contribution is 6.09. The first-order valence-electron chi connectivity index (χ1n) is 9.84. The van der Waals surface area contributed by atoms with Crippen molar-refractivity contribution >= 4 is 17.3 Å². The average molecular weight is 377 g/mol. The van der Waals surface area contributed by atoms with Gasteiger partial charge in [-0.15, -0.1) is 0 Å². The molecule has 4 rings (SSSR count). The smallest absolute Gasteiger partial charge is 0.259 e. The summed E-state index contributed by atoms with van der Waals surface area (Å²) in [5.41, 5.74) is 4.46. The van der Waals surface area contributed by atoms with Crippen molar-refractivity contribution in [3.05, 3.63) is 65.7 Å². The standard InChI is InChI=1S/C23H27N3O2/c1-16-8-9-21(22(27)14-16)25-12-10-24(11-13-25)15-17(2)26-18(3)19-6-4-5-7-20(19)23(26)28/h4-9,14,17,27H,3,10-13,15H2,1-2H3. The number of fused-ring (bicyclic) bond motifs is 1. The third kappa shape index (κ3) is 3.27. The van der Waals surface area contributed by atoms with E-state index in [9.17, 15) is 9.90 Å². The van der Waals surface area contributed by atoms with Crippen molar-refractivity contribution in [3.8, 4) is 5.75 Å². The van der Waals surface area contributed by atoms with Crippen LogP contribution in [0.1, 0.15) is 28.4 Å². The summed E-state index contributed by atoms with van der Waals surface area (Å²) in [6.07, 6.45) is 0. The van der Waals surface area contributed by atoms with E-state index in [-0.39, 0.29) is 11.9 Å². The van der Waals surface area contributed by atoms with Gasteiger partial charge in [-0.05, 0) is 37.6 Å². The van der Waals surface area contributed by atoms with Gasteiger partial charge in [-0.2, -0.15) is 0 Å². The van der Waals surface area contributed by atoms with Crippen LogP contribution >= 0.6 is 0 Å². The maximum atomic E-state index is 12.8. The van der Waals surface area contributed by atoms with Gasteiger partial charge in [-0.3, -0.25) is 9.69 Å². The molecule has 0 bridgehead atoms. The summed E-state index contributed by atoms with van der Waals surface area (Å²) in [6, 6.07) is 13.6. The highest BCUT2D eigenvalue weighted by Crippen LogP contribution is 2.33. The zero-order chi connectivity index (χ0) is 19.8. The fourth-order valence-corrected chi connectivity index (χ4v) is 4.30. The van der Waals surface area contributed by atoms with Crippen LogP contribution < -0.4 is 4.90 Å². The molecule has 0 spiro atoms. The lowest BCUT2D eigenvalue weighted by molar-refractivity contribution is 0.0781. The van der Waals surface area contributed by atoms with Crippen LogP contribution in [0.15, 0.2) is 49.0 Å². The number of benzene rings is 2. The van der Waals surface area contributed by atoms with Crippen LogP contribution in [-0.2, 0) is 0 Å². The first-order valence-corrected chi connectivity index (χ1v) is 9.84. The molecule has 1 fully saturated rings. The van der Waals surface area contributed by atoms with Crippen LogP contribution in [0.4, 0.5) is 5.69 Å². The average Bonchev–Trinajstić information content (AvgIpc) is 2.94. The molecule has 2 aromatic carbocycles. The van der Waals surface area contributed by atoms with Gasteiger partial charge in [-0.25, -0.2) is 0 Å². The second-order valence-corrected chi connectivity index (χ2v) is 7.80. The molecule has 2 aliphatic heterocycles. The Morgan fingerprint density at radius 2 is 1.75 bits per heavy atom. The molecule has 1 atom stereocenters. The minimum atomic E-state index is 0.0521. The molecule has 1 saturated heterocycles. The maximum Gasteiger partial charge on any atom is 0.259 e. The third-order valence-electron chi connectivity index (χ3n) is 5.79. The number of amides is 1. The minimum absolute atomic E-state index is 0.0521. The van der Waals surface area contributed by atoms with E-state index in [4.69, 9.17) is 0 Å². The van der Waals surface area contributed by atoms with Crippen molar-refractivity contribution in [2.75, 3.05) is 37.6 Å². The van der Waals surface area contributed by atoms with Crippen LogP contribution in [0, 0.1) is 6.92 Å². The topological polar surface area (TPSA) is 47.0 Å². The monoisotopic (exact) mass is 377 g/mol. The summed E-state index contributed by atoms with van der Waals surface area (Å²) in [5.74, 6) is 0.398. The van der Waals surface area contributed by atoms with Crippen LogP contribution in [0.25, 0.3) is 5.70 Å². The number of phenols is 1. The Bertz CT molecular complexity index is 881. The number of aromatic hydroxyl groups is 1. The van der Waals surface area contributed by atoms with Crippen LogP contribution in [0.2, 0.25) is 0 Å². The van der Waals surface area contributed by atoms with E-state index in [2.05, 4.69) is 23.3 Å². The molecule has 1 amide bonds. The zero-order valence-electron chi connectivity index (χ0n) is 16.6. The molecule has 0 aliphatic carbocycles. The quantitative estimate of drug-likeness (QED) is 0.888. The Hall–Kier alpha value is -2.79. The van der Waals surface area contributed by atoms with Crippen molar-refractivity contribution < 1.29 is 9.90 Å². The number of nitrogens with zero attached hydrogens (tertiary/aromatic N) is 3. The first kappa shape index (κ1) is 18.6. The van der Waals surface area contributed by atoms with Crippen LogP contribution in [-0.4, -0.2) is 59.6 Å². The molecule has 0 aromatic heterocycles.